The molecule has 0 saturated heterocycles. The number of aryl methyl sites for hydroxylation is 2. The van der Waals surface area contributed by atoms with E-state index in [1.165, 1.54) is 11.3 Å². The monoisotopic (exact) mass is 351 g/mol. The molecule has 21 heavy (non-hydrogen) atoms. The number of halogens is 1. The van der Waals surface area contributed by atoms with Gasteiger partial charge < -0.3 is 10.1 Å². The summed E-state index contributed by atoms with van der Waals surface area (Å²) in [6.07, 6.45) is 0. The summed E-state index contributed by atoms with van der Waals surface area (Å²) < 4.78 is 8.35. The van der Waals surface area contributed by atoms with E-state index in [1.54, 1.807) is 7.11 Å². The standard InChI is InChI=1S/C16H22BrN3O/c1-6-20-12(4)16(11(3)19-20)10(2)18-14-7-13(17)8-15(9-14)21-5/h7-10,18H,6H2,1-5H3. The molecule has 0 aliphatic carbocycles. The van der Waals surface area contributed by atoms with E-state index in [-0.39, 0.29) is 6.04 Å². The van der Waals surface area contributed by atoms with Crippen LogP contribution in [-0.2, 0) is 6.54 Å². The number of ether oxygens (including phenoxy) is 1. The van der Waals surface area contributed by atoms with E-state index < -0.39 is 0 Å². The van der Waals surface area contributed by atoms with E-state index in [1.807, 2.05) is 22.9 Å². The van der Waals surface area contributed by atoms with Gasteiger partial charge in [0.1, 0.15) is 5.75 Å². The van der Waals surface area contributed by atoms with E-state index in [9.17, 15) is 0 Å². The summed E-state index contributed by atoms with van der Waals surface area (Å²) in [5.41, 5.74) is 4.58. The number of nitrogens with zero attached hydrogens (tertiary/aromatic N) is 2. The predicted octanol–water partition coefficient (Wildman–Crippen LogP) is 4.46. The first-order valence-electron chi connectivity index (χ1n) is 7.11. The van der Waals surface area contributed by atoms with Gasteiger partial charge in [-0.3, -0.25) is 4.68 Å². The molecule has 0 saturated carbocycles. The van der Waals surface area contributed by atoms with Crippen molar-refractivity contribution in [3.05, 3.63) is 39.6 Å². The van der Waals surface area contributed by atoms with Crippen molar-refractivity contribution >= 4 is 21.6 Å². The van der Waals surface area contributed by atoms with Gasteiger partial charge in [-0.15, -0.1) is 0 Å². The first kappa shape index (κ1) is 15.9. The molecule has 0 amide bonds. The smallest absolute Gasteiger partial charge is 0.122 e. The lowest BCUT2D eigenvalue weighted by molar-refractivity contribution is 0.414. The Bertz CT molecular complexity index is 637. The number of hydrogen-bond acceptors (Lipinski definition) is 3. The minimum atomic E-state index is 0.185. The van der Waals surface area contributed by atoms with Gasteiger partial charge in [0, 0.05) is 34.0 Å². The van der Waals surface area contributed by atoms with Crippen LogP contribution in [0.3, 0.4) is 0 Å². The third kappa shape index (κ3) is 3.40. The highest BCUT2D eigenvalue weighted by atomic mass is 79.9. The molecule has 0 radical (unpaired) electrons. The number of rotatable bonds is 5. The van der Waals surface area contributed by atoms with Crippen LogP contribution in [0, 0.1) is 13.8 Å². The summed E-state index contributed by atoms with van der Waals surface area (Å²) >= 11 is 3.51. The molecule has 5 heteroatoms. The van der Waals surface area contributed by atoms with Crippen molar-refractivity contribution < 1.29 is 4.74 Å². The fourth-order valence-electron chi connectivity index (χ4n) is 2.73. The Labute approximate surface area is 134 Å². The van der Waals surface area contributed by atoms with Gasteiger partial charge in [0.2, 0.25) is 0 Å². The summed E-state index contributed by atoms with van der Waals surface area (Å²) in [7, 11) is 1.68. The van der Waals surface area contributed by atoms with Crippen LogP contribution in [0.4, 0.5) is 5.69 Å². The largest absolute Gasteiger partial charge is 0.497 e. The zero-order chi connectivity index (χ0) is 15.6. The molecule has 0 spiro atoms. The molecule has 1 atom stereocenters. The van der Waals surface area contributed by atoms with Gasteiger partial charge in [-0.05, 0) is 39.8 Å². The summed E-state index contributed by atoms with van der Waals surface area (Å²) in [5, 5.41) is 8.11. The maximum absolute atomic E-state index is 5.31. The number of hydrogen-bond donors (Lipinski definition) is 1. The Morgan fingerprint density at radius 1 is 1.33 bits per heavy atom. The lowest BCUT2D eigenvalue weighted by Gasteiger charge is -2.17. The van der Waals surface area contributed by atoms with Crippen molar-refractivity contribution in [3.8, 4) is 5.75 Å². The third-order valence-corrected chi connectivity index (χ3v) is 4.12. The van der Waals surface area contributed by atoms with Crippen molar-refractivity contribution in [1.29, 1.82) is 0 Å². The minimum Gasteiger partial charge on any atom is -0.497 e. The molecule has 0 aliphatic rings. The van der Waals surface area contributed by atoms with Crippen molar-refractivity contribution in [3.63, 3.8) is 0 Å². The first-order chi connectivity index (χ1) is 9.96. The fourth-order valence-corrected chi connectivity index (χ4v) is 3.20. The van der Waals surface area contributed by atoms with E-state index >= 15 is 0 Å². The molecule has 1 aromatic heterocycles. The topological polar surface area (TPSA) is 39.1 Å². The minimum absolute atomic E-state index is 0.185. The molecule has 0 aliphatic heterocycles. The van der Waals surface area contributed by atoms with Gasteiger partial charge in [0.05, 0.1) is 18.8 Å². The van der Waals surface area contributed by atoms with E-state index in [4.69, 9.17) is 4.74 Å². The Morgan fingerprint density at radius 2 is 2.05 bits per heavy atom. The van der Waals surface area contributed by atoms with Crippen LogP contribution in [0.15, 0.2) is 22.7 Å². The van der Waals surface area contributed by atoms with Gasteiger partial charge in [0.25, 0.3) is 0 Å². The van der Waals surface area contributed by atoms with Crippen LogP contribution in [0.25, 0.3) is 0 Å². The van der Waals surface area contributed by atoms with Gasteiger partial charge in [-0.2, -0.15) is 5.10 Å². The van der Waals surface area contributed by atoms with Crippen LogP contribution in [0.5, 0.6) is 5.75 Å². The van der Waals surface area contributed by atoms with Gasteiger partial charge in [-0.25, -0.2) is 0 Å². The lowest BCUT2D eigenvalue weighted by atomic mass is 10.1. The van der Waals surface area contributed by atoms with Crippen LogP contribution in [0.1, 0.15) is 36.8 Å². The fraction of sp³-hybridized carbons (Fsp3) is 0.438. The molecule has 4 nitrogen and oxygen atoms in total. The van der Waals surface area contributed by atoms with Crippen molar-refractivity contribution in [2.45, 2.75) is 40.3 Å². The van der Waals surface area contributed by atoms with Crippen LogP contribution < -0.4 is 10.1 Å². The quantitative estimate of drug-likeness (QED) is 0.863. The maximum Gasteiger partial charge on any atom is 0.122 e. The van der Waals surface area contributed by atoms with Crippen molar-refractivity contribution in [2.75, 3.05) is 12.4 Å². The Kier molecular flexibility index (Phi) is 4.93. The average molecular weight is 352 g/mol. The number of nitrogens with one attached hydrogen (secondary N) is 1. The second kappa shape index (κ2) is 6.52. The second-order valence-electron chi connectivity index (χ2n) is 5.15. The second-order valence-corrected chi connectivity index (χ2v) is 6.06. The highest BCUT2D eigenvalue weighted by Crippen LogP contribution is 2.29. The molecule has 1 heterocycles. The highest BCUT2D eigenvalue weighted by Gasteiger charge is 2.17. The third-order valence-electron chi connectivity index (χ3n) is 3.66. The molecular formula is C16H22BrN3O. The Hall–Kier alpha value is -1.49. The molecule has 2 rings (SSSR count). The molecular weight excluding hydrogens is 330 g/mol. The first-order valence-corrected chi connectivity index (χ1v) is 7.90. The number of methoxy groups -OCH3 is 1. The summed E-state index contributed by atoms with van der Waals surface area (Å²) in [6, 6.07) is 6.18. The van der Waals surface area contributed by atoms with E-state index in [0.717, 1.165) is 28.1 Å². The van der Waals surface area contributed by atoms with Crippen LogP contribution >= 0.6 is 15.9 Å². The molecule has 0 fully saturated rings. The molecule has 1 N–H and O–H groups in total. The summed E-state index contributed by atoms with van der Waals surface area (Å²) in [4.78, 5) is 0. The number of aromatic nitrogens is 2. The summed E-state index contributed by atoms with van der Waals surface area (Å²) in [6.45, 7) is 9.35. The van der Waals surface area contributed by atoms with Gasteiger partial charge in [-0.1, -0.05) is 15.9 Å². The Balaban J connectivity index is 2.28. The maximum atomic E-state index is 5.31. The molecule has 114 valence electrons. The van der Waals surface area contributed by atoms with Gasteiger partial charge >= 0.3 is 0 Å². The predicted molar refractivity (Wildman–Crippen MR) is 90.1 cm³/mol. The van der Waals surface area contributed by atoms with Crippen molar-refractivity contribution in [1.82, 2.24) is 9.78 Å². The van der Waals surface area contributed by atoms with Crippen molar-refractivity contribution in [2.24, 2.45) is 0 Å². The van der Waals surface area contributed by atoms with E-state index in [2.05, 4.69) is 54.0 Å². The zero-order valence-electron chi connectivity index (χ0n) is 13.2. The molecule has 0 bridgehead atoms. The molecule has 2 aromatic rings. The van der Waals surface area contributed by atoms with Crippen LogP contribution in [-0.4, -0.2) is 16.9 Å². The zero-order valence-corrected chi connectivity index (χ0v) is 14.8. The summed E-state index contributed by atoms with van der Waals surface area (Å²) in [5.74, 6) is 0.830. The highest BCUT2D eigenvalue weighted by molar-refractivity contribution is 9.10. The lowest BCUT2D eigenvalue weighted by Crippen LogP contribution is -2.09. The SMILES string of the molecule is CCn1nc(C)c(C(C)Nc2cc(Br)cc(OC)c2)c1C. The van der Waals surface area contributed by atoms with E-state index in [0.29, 0.717) is 0 Å². The van der Waals surface area contributed by atoms with Gasteiger partial charge in [0.15, 0.2) is 0 Å². The number of benzene rings is 1. The van der Waals surface area contributed by atoms with Crippen LogP contribution in [0.2, 0.25) is 0 Å². The Morgan fingerprint density at radius 3 is 2.62 bits per heavy atom. The normalized spacial score (nSPS) is 12.3. The molecule has 1 unspecified atom stereocenters. The number of anilines is 1. The molecule has 1 aromatic carbocycles. The average Bonchev–Trinajstić information content (AvgIpc) is 2.72.